The van der Waals surface area contributed by atoms with Gasteiger partial charge in [-0.05, 0) is 74.7 Å². The minimum atomic E-state index is 0.695. The fourth-order valence-electron chi connectivity index (χ4n) is 4.99. The molecule has 102 valence electrons. The maximum Gasteiger partial charge on any atom is 0.182 e. The van der Waals surface area contributed by atoms with Gasteiger partial charge in [0.2, 0.25) is 0 Å². The van der Waals surface area contributed by atoms with Crippen molar-refractivity contribution in [3.63, 3.8) is 0 Å². The Bertz CT molecular complexity index is 489. The number of aromatic nitrogens is 1. The first-order valence-electron chi connectivity index (χ1n) is 7.60. The van der Waals surface area contributed by atoms with Crippen molar-refractivity contribution in [2.45, 2.75) is 39.0 Å². The maximum absolute atomic E-state index is 5.96. The highest BCUT2D eigenvalue weighted by Gasteiger charge is 2.47. The first kappa shape index (κ1) is 11.6. The molecule has 4 aliphatic rings. The number of nitrogens with two attached hydrogens (primary N) is 1. The molecule has 3 heteroatoms. The van der Waals surface area contributed by atoms with E-state index >= 15 is 0 Å². The Morgan fingerprint density at radius 3 is 2.26 bits per heavy atom. The average molecular weight is 258 g/mol. The molecule has 4 aliphatic carbocycles. The monoisotopic (exact) mass is 258 g/mol. The Hall–Kier alpha value is -1.25. The van der Waals surface area contributed by atoms with Crippen LogP contribution in [0, 0.1) is 36.5 Å². The van der Waals surface area contributed by atoms with Crippen molar-refractivity contribution in [3.05, 3.63) is 17.5 Å². The summed E-state index contributed by atoms with van der Waals surface area (Å²) in [6, 6.07) is 0. The molecule has 1 aromatic heterocycles. The summed E-state index contributed by atoms with van der Waals surface area (Å²) >= 11 is 0. The molecule has 5 rings (SSSR count). The zero-order valence-electron chi connectivity index (χ0n) is 11.5. The molecule has 0 spiro atoms. The first-order valence-corrected chi connectivity index (χ1v) is 7.60. The molecule has 1 aromatic rings. The van der Waals surface area contributed by atoms with Gasteiger partial charge in [0.15, 0.2) is 5.76 Å². The van der Waals surface area contributed by atoms with Crippen LogP contribution >= 0.6 is 0 Å². The van der Waals surface area contributed by atoms with Crippen LogP contribution in [0.4, 0.5) is 5.69 Å². The lowest BCUT2D eigenvalue weighted by Gasteiger charge is -2.53. The normalized spacial score (nSPS) is 40.4. The quantitative estimate of drug-likeness (QED) is 0.881. The summed E-state index contributed by atoms with van der Waals surface area (Å²) < 4.78 is 5.28. The Labute approximate surface area is 114 Å². The maximum atomic E-state index is 5.96. The predicted molar refractivity (Wildman–Crippen MR) is 75.2 cm³/mol. The van der Waals surface area contributed by atoms with Gasteiger partial charge < -0.3 is 10.3 Å². The molecule has 2 N–H and O–H groups in total. The highest BCUT2D eigenvalue weighted by atomic mass is 16.5. The fourth-order valence-corrected chi connectivity index (χ4v) is 4.99. The number of allylic oxidation sites excluding steroid dienone is 1. The van der Waals surface area contributed by atoms with Crippen molar-refractivity contribution in [1.29, 1.82) is 0 Å². The van der Waals surface area contributed by atoms with Gasteiger partial charge in [-0.2, -0.15) is 0 Å². The summed E-state index contributed by atoms with van der Waals surface area (Å²) in [4.78, 5) is 0. The van der Waals surface area contributed by atoms with E-state index in [1.54, 1.807) is 0 Å². The van der Waals surface area contributed by atoms with E-state index in [1.807, 2.05) is 6.92 Å². The van der Waals surface area contributed by atoms with E-state index < -0.39 is 0 Å². The van der Waals surface area contributed by atoms with E-state index in [9.17, 15) is 0 Å². The van der Waals surface area contributed by atoms with E-state index in [0.29, 0.717) is 5.69 Å². The van der Waals surface area contributed by atoms with Crippen LogP contribution < -0.4 is 5.73 Å². The Morgan fingerprint density at radius 2 is 1.74 bits per heavy atom. The Balaban J connectivity index is 1.55. The number of nitrogens with zero attached hydrogens (tertiary/aromatic N) is 1. The summed E-state index contributed by atoms with van der Waals surface area (Å²) in [6.07, 6.45) is 11.8. The van der Waals surface area contributed by atoms with Crippen molar-refractivity contribution in [2.75, 3.05) is 5.73 Å². The largest absolute Gasteiger partial charge is 0.394 e. The topological polar surface area (TPSA) is 52.0 Å². The number of nitrogen functional groups attached to an aromatic ring is 1. The molecule has 0 radical (unpaired) electrons. The second-order valence-electron chi connectivity index (χ2n) is 6.91. The van der Waals surface area contributed by atoms with Crippen LogP contribution in [0.3, 0.4) is 0 Å². The summed E-state index contributed by atoms with van der Waals surface area (Å²) in [5, 5.41) is 3.92. The second-order valence-corrected chi connectivity index (χ2v) is 6.91. The van der Waals surface area contributed by atoms with Crippen molar-refractivity contribution in [2.24, 2.45) is 29.6 Å². The minimum Gasteiger partial charge on any atom is -0.394 e. The van der Waals surface area contributed by atoms with E-state index in [4.69, 9.17) is 10.3 Å². The lowest BCUT2D eigenvalue weighted by atomic mass is 9.52. The molecule has 1 heterocycles. The van der Waals surface area contributed by atoms with E-state index in [0.717, 1.165) is 41.0 Å². The molecule has 0 atom stereocenters. The standard InChI is InChI=1S/C16H22N2O/c1-9-16(17)15(19-18-9)3-2-14-12-5-10-4-11(7-12)8-13(14)6-10/h2-3,10-14H,4-8,17H2,1H3/b3-2+. The molecule has 3 nitrogen and oxygen atoms in total. The van der Waals surface area contributed by atoms with Crippen molar-refractivity contribution in [1.82, 2.24) is 5.16 Å². The lowest BCUT2D eigenvalue weighted by molar-refractivity contribution is -0.0158. The molecule has 4 saturated carbocycles. The molecule has 0 aromatic carbocycles. The first-order chi connectivity index (χ1) is 9.20. The summed E-state index contributed by atoms with van der Waals surface area (Å²) in [5.74, 6) is 5.38. The van der Waals surface area contributed by atoms with E-state index in [2.05, 4.69) is 17.3 Å². The van der Waals surface area contributed by atoms with Crippen molar-refractivity contribution >= 4 is 11.8 Å². The van der Waals surface area contributed by atoms with Crippen LogP contribution in [-0.4, -0.2) is 5.16 Å². The number of hydrogen-bond acceptors (Lipinski definition) is 3. The van der Waals surface area contributed by atoms with Gasteiger partial charge in [0, 0.05) is 0 Å². The molecule has 0 saturated heterocycles. The molecule has 4 fully saturated rings. The highest BCUT2D eigenvalue weighted by molar-refractivity contribution is 5.61. The van der Waals surface area contributed by atoms with Gasteiger partial charge in [-0.3, -0.25) is 0 Å². The van der Waals surface area contributed by atoms with Gasteiger partial charge in [0.05, 0.1) is 0 Å². The molecule has 0 amide bonds. The highest BCUT2D eigenvalue weighted by Crippen LogP contribution is 2.56. The van der Waals surface area contributed by atoms with Crippen molar-refractivity contribution in [3.8, 4) is 0 Å². The van der Waals surface area contributed by atoms with Gasteiger partial charge in [0.1, 0.15) is 11.4 Å². The smallest absolute Gasteiger partial charge is 0.182 e. The van der Waals surface area contributed by atoms with Crippen LogP contribution in [0.5, 0.6) is 0 Å². The minimum absolute atomic E-state index is 0.695. The zero-order valence-corrected chi connectivity index (χ0v) is 11.5. The van der Waals surface area contributed by atoms with Gasteiger partial charge >= 0.3 is 0 Å². The van der Waals surface area contributed by atoms with Crippen LogP contribution in [0.2, 0.25) is 0 Å². The second kappa shape index (κ2) is 4.12. The number of hydrogen-bond donors (Lipinski definition) is 1. The van der Waals surface area contributed by atoms with Gasteiger partial charge in [-0.15, -0.1) is 0 Å². The molecule has 4 bridgehead atoms. The molecule has 0 aliphatic heterocycles. The van der Waals surface area contributed by atoms with Crippen LogP contribution in [0.1, 0.15) is 43.6 Å². The lowest BCUT2D eigenvalue weighted by Crippen LogP contribution is -2.44. The zero-order chi connectivity index (χ0) is 13.0. The summed E-state index contributed by atoms with van der Waals surface area (Å²) in [7, 11) is 0. The average Bonchev–Trinajstić information content (AvgIpc) is 2.69. The van der Waals surface area contributed by atoms with Gasteiger partial charge in [-0.1, -0.05) is 11.2 Å². The molecular formula is C16H22N2O. The summed E-state index contributed by atoms with van der Waals surface area (Å²) in [5.41, 5.74) is 7.45. The molecule has 19 heavy (non-hydrogen) atoms. The van der Waals surface area contributed by atoms with Crippen LogP contribution in [-0.2, 0) is 0 Å². The fraction of sp³-hybridized carbons (Fsp3) is 0.688. The third kappa shape index (κ3) is 1.82. The van der Waals surface area contributed by atoms with Crippen molar-refractivity contribution < 1.29 is 4.52 Å². The molecule has 0 unspecified atom stereocenters. The third-order valence-electron chi connectivity index (χ3n) is 5.71. The SMILES string of the molecule is Cc1noc(/C=C/C2C3CC4CC(C3)CC2C4)c1N. The van der Waals surface area contributed by atoms with Crippen LogP contribution in [0.15, 0.2) is 10.6 Å². The van der Waals surface area contributed by atoms with Crippen LogP contribution in [0.25, 0.3) is 6.08 Å². The Kier molecular flexibility index (Phi) is 2.51. The summed E-state index contributed by atoms with van der Waals surface area (Å²) in [6.45, 7) is 1.89. The molecular weight excluding hydrogens is 236 g/mol. The van der Waals surface area contributed by atoms with Gasteiger partial charge in [-0.25, -0.2) is 0 Å². The predicted octanol–water partition coefficient (Wildman–Crippen LogP) is 3.65. The third-order valence-corrected chi connectivity index (χ3v) is 5.71. The van der Waals surface area contributed by atoms with Gasteiger partial charge in [0.25, 0.3) is 0 Å². The number of anilines is 1. The van der Waals surface area contributed by atoms with E-state index in [-0.39, 0.29) is 0 Å². The number of rotatable bonds is 2. The number of aryl methyl sites for hydroxylation is 1. The Morgan fingerprint density at radius 1 is 1.11 bits per heavy atom. The van der Waals surface area contributed by atoms with E-state index in [1.165, 1.54) is 32.1 Å².